The summed E-state index contributed by atoms with van der Waals surface area (Å²) in [5.74, 6) is 2.39. The van der Waals surface area contributed by atoms with Crippen molar-refractivity contribution in [1.29, 1.82) is 0 Å². The lowest BCUT2D eigenvalue weighted by molar-refractivity contribution is -0.119. The molecular weight excluding hydrogens is 274 g/mol. The van der Waals surface area contributed by atoms with Crippen LogP contribution in [0, 0.1) is 28.6 Å². The molecule has 4 rings (SSSR count). The van der Waals surface area contributed by atoms with Crippen molar-refractivity contribution in [3.05, 3.63) is 11.8 Å². The van der Waals surface area contributed by atoms with Crippen LogP contribution in [0.4, 0.5) is 0 Å². The highest BCUT2D eigenvalue weighted by Gasteiger charge is 2.58. The molecule has 0 aromatic rings. The number of carbonyl (C=O) groups excluding carboxylic acids is 1. The molecule has 0 radical (unpaired) electrons. The van der Waals surface area contributed by atoms with Crippen molar-refractivity contribution in [3.63, 3.8) is 0 Å². The minimum Gasteiger partial charge on any atom is -0.396 e. The van der Waals surface area contributed by atoms with Crippen molar-refractivity contribution in [2.75, 3.05) is 20.2 Å². The van der Waals surface area contributed by atoms with Crippen LogP contribution in [0.25, 0.3) is 0 Å². The molecule has 5 atom stereocenters. The zero-order chi connectivity index (χ0) is 15.5. The number of likely N-dealkylation sites (tertiary alicyclic amines) is 1. The van der Waals surface area contributed by atoms with Crippen LogP contribution in [0.1, 0.15) is 51.9 Å². The first-order chi connectivity index (χ1) is 10.5. The quantitative estimate of drug-likeness (QED) is 0.809. The number of fused-ring (bicyclic) bond motifs is 5. The van der Waals surface area contributed by atoms with Gasteiger partial charge in [-0.25, -0.2) is 0 Å². The van der Waals surface area contributed by atoms with E-state index in [4.69, 9.17) is 0 Å². The molecule has 2 saturated carbocycles. The summed E-state index contributed by atoms with van der Waals surface area (Å²) in [6, 6.07) is 0. The Hall–Kier alpha value is -0.830. The molecule has 3 heteroatoms. The molecule has 0 spiro atoms. The zero-order valence-corrected chi connectivity index (χ0v) is 14.0. The summed E-state index contributed by atoms with van der Waals surface area (Å²) in [4.78, 5) is 14.3. The molecule has 3 fully saturated rings. The molecule has 22 heavy (non-hydrogen) atoms. The van der Waals surface area contributed by atoms with Gasteiger partial charge >= 0.3 is 0 Å². The topological polar surface area (TPSA) is 40.5 Å². The smallest absolute Gasteiger partial charge is 0.157 e. The molecule has 0 amide bonds. The van der Waals surface area contributed by atoms with Gasteiger partial charge in [0, 0.05) is 43.8 Å². The molecule has 1 N–H and O–H groups in total. The maximum Gasteiger partial charge on any atom is 0.157 e. The van der Waals surface area contributed by atoms with Gasteiger partial charge < -0.3 is 10.0 Å². The Labute approximate surface area is 133 Å². The Morgan fingerprint density at radius 1 is 1.27 bits per heavy atom. The summed E-state index contributed by atoms with van der Waals surface area (Å²) < 4.78 is 0. The molecule has 0 aromatic heterocycles. The third kappa shape index (κ3) is 1.81. The molecule has 0 aromatic carbocycles. The molecule has 0 unspecified atom stereocenters. The van der Waals surface area contributed by atoms with Gasteiger partial charge in [-0.2, -0.15) is 0 Å². The Balaban J connectivity index is 1.72. The standard InChI is InChI=1S/C19H29NO2/c1-18-8-5-13(22)10-17(18)20(2)11-14-15(18)6-9-19(12-21)7-3-4-16(14)19/h10,14-16,21H,3-9,11-12H2,1-2H3/t14-,15+,16+,18-,19+/m1/s1. The maximum absolute atomic E-state index is 11.9. The van der Waals surface area contributed by atoms with Gasteiger partial charge in [-0.05, 0) is 55.3 Å². The van der Waals surface area contributed by atoms with Gasteiger partial charge in [0.15, 0.2) is 5.78 Å². The van der Waals surface area contributed by atoms with Crippen LogP contribution in [0.5, 0.6) is 0 Å². The second-order valence-corrected chi connectivity index (χ2v) is 8.62. The van der Waals surface area contributed by atoms with E-state index in [1.807, 2.05) is 6.08 Å². The molecule has 1 aliphatic heterocycles. The molecule has 4 aliphatic rings. The van der Waals surface area contributed by atoms with Crippen molar-refractivity contribution in [2.45, 2.75) is 51.9 Å². The van der Waals surface area contributed by atoms with Crippen LogP contribution >= 0.6 is 0 Å². The highest BCUT2D eigenvalue weighted by Crippen LogP contribution is 2.63. The van der Waals surface area contributed by atoms with E-state index in [-0.39, 0.29) is 10.8 Å². The summed E-state index contributed by atoms with van der Waals surface area (Å²) in [6.45, 7) is 3.85. The predicted molar refractivity (Wildman–Crippen MR) is 86.1 cm³/mol. The normalized spacial score (nSPS) is 47.6. The highest BCUT2D eigenvalue weighted by molar-refractivity contribution is 5.91. The summed E-state index contributed by atoms with van der Waals surface area (Å²) in [6.07, 6.45) is 9.89. The number of nitrogens with zero attached hydrogens (tertiary/aromatic N) is 1. The molecular formula is C19H29NO2. The molecule has 122 valence electrons. The Bertz CT molecular complexity index is 528. The van der Waals surface area contributed by atoms with E-state index in [9.17, 15) is 9.90 Å². The van der Waals surface area contributed by atoms with Crippen LogP contribution in [0.2, 0.25) is 0 Å². The molecule has 3 aliphatic carbocycles. The highest BCUT2D eigenvalue weighted by atomic mass is 16.3. The van der Waals surface area contributed by atoms with E-state index in [1.54, 1.807) is 0 Å². The number of carbonyl (C=O) groups is 1. The van der Waals surface area contributed by atoms with Gasteiger partial charge in [-0.3, -0.25) is 4.79 Å². The lowest BCUT2D eigenvalue weighted by Crippen LogP contribution is -2.57. The van der Waals surface area contributed by atoms with E-state index in [0.29, 0.717) is 36.6 Å². The monoisotopic (exact) mass is 303 g/mol. The lowest BCUT2D eigenvalue weighted by Gasteiger charge is -2.60. The van der Waals surface area contributed by atoms with Crippen LogP contribution in [-0.2, 0) is 4.79 Å². The first kappa shape index (κ1) is 14.7. The number of aliphatic hydroxyl groups excluding tert-OH is 1. The minimum absolute atomic E-state index is 0.176. The maximum atomic E-state index is 11.9. The Morgan fingerprint density at radius 2 is 2.09 bits per heavy atom. The van der Waals surface area contributed by atoms with Gasteiger partial charge in [-0.15, -0.1) is 0 Å². The van der Waals surface area contributed by atoms with E-state index in [2.05, 4.69) is 18.9 Å². The molecule has 1 saturated heterocycles. The van der Waals surface area contributed by atoms with E-state index < -0.39 is 0 Å². The number of hydrogen-bond donors (Lipinski definition) is 1. The van der Waals surface area contributed by atoms with Crippen molar-refractivity contribution in [2.24, 2.45) is 28.6 Å². The summed E-state index contributed by atoms with van der Waals surface area (Å²) in [7, 11) is 2.17. The third-order valence-electron chi connectivity index (χ3n) is 7.77. The first-order valence-corrected chi connectivity index (χ1v) is 9.07. The van der Waals surface area contributed by atoms with Gasteiger partial charge in [0.05, 0.1) is 0 Å². The minimum atomic E-state index is 0.176. The Morgan fingerprint density at radius 3 is 2.86 bits per heavy atom. The largest absolute Gasteiger partial charge is 0.396 e. The predicted octanol–water partition coefficient (Wildman–Crippen LogP) is 2.99. The number of aliphatic hydroxyl groups is 1. The number of ketones is 1. The van der Waals surface area contributed by atoms with Crippen molar-refractivity contribution >= 4 is 5.78 Å². The van der Waals surface area contributed by atoms with Crippen molar-refractivity contribution < 1.29 is 9.90 Å². The first-order valence-electron chi connectivity index (χ1n) is 9.07. The SMILES string of the molecule is CN1C[C@H]2[C@@H]3CCC[C@@]3(CO)CC[C@@H]2[C@@]2(C)CCC(=O)C=C12. The van der Waals surface area contributed by atoms with E-state index in [0.717, 1.165) is 13.0 Å². The number of allylic oxidation sites excluding steroid dienone is 2. The van der Waals surface area contributed by atoms with Gasteiger partial charge in [0.2, 0.25) is 0 Å². The number of hydrogen-bond acceptors (Lipinski definition) is 3. The van der Waals surface area contributed by atoms with Crippen LogP contribution in [0.3, 0.4) is 0 Å². The van der Waals surface area contributed by atoms with Crippen LogP contribution in [-0.4, -0.2) is 36.0 Å². The Kier molecular flexibility index (Phi) is 3.24. The molecule has 3 nitrogen and oxygen atoms in total. The lowest BCUT2D eigenvalue weighted by atomic mass is 9.50. The van der Waals surface area contributed by atoms with Crippen molar-refractivity contribution in [3.8, 4) is 0 Å². The third-order valence-corrected chi connectivity index (χ3v) is 7.77. The van der Waals surface area contributed by atoms with E-state index in [1.165, 1.54) is 37.8 Å². The van der Waals surface area contributed by atoms with Gasteiger partial charge in [0.1, 0.15) is 0 Å². The van der Waals surface area contributed by atoms with Crippen molar-refractivity contribution in [1.82, 2.24) is 4.90 Å². The number of piperidine rings is 1. The average molecular weight is 303 g/mol. The fourth-order valence-electron chi connectivity index (χ4n) is 6.64. The zero-order valence-electron chi connectivity index (χ0n) is 14.0. The molecule has 1 heterocycles. The number of rotatable bonds is 1. The van der Waals surface area contributed by atoms with Gasteiger partial charge in [-0.1, -0.05) is 13.3 Å². The van der Waals surface area contributed by atoms with Crippen LogP contribution < -0.4 is 0 Å². The summed E-state index contributed by atoms with van der Waals surface area (Å²) in [5.41, 5.74) is 1.68. The molecule has 0 bridgehead atoms. The van der Waals surface area contributed by atoms with Crippen LogP contribution in [0.15, 0.2) is 11.8 Å². The fourth-order valence-corrected chi connectivity index (χ4v) is 6.64. The second kappa shape index (κ2) is 4.83. The summed E-state index contributed by atoms with van der Waals surface area (Å²) in [5, 5.41) is 10.1. The van der Waals surface area contributed by atoms with E-state index >= 15 is 0 Å². The average Bonchev–Trinajstić information content (AvgIpc) is 2.94. The second-order valence-electron chi connectivity index (χ2n) is 8.62. The van der Waals surface area contributed by atoms with Gasteiger partial charge in [0.25, 0.3) is 0 Å². The summed E-state index contributed by atoms with van der Waals surface area (Å²) >= 11 is 0. The fraction of sp³-hybridized carbons (Fsp3) is 0.842.